The first-order chi connectivity index (χ1) is 15.8. The van der Waals surface area contributed by atoms with Gasteiger partial charge in [0.05, 0.1) is 5.69 Å². The molecule has 180 valence electrons. The molecule has 0 aliphatic heterocycles. The third-order valence-corrected chi connectivity index (χ3v) is 10.3. The monoisotopic (exact) mass is 537 g/mol. The first-order valence-electron chi connectivity index (χ1n) is 12.0. The third-order valence-electron chi connectivity index (χ3n) is 8.81. The van der Waals surface area contributed by atoms with Crippen molar-refractivity contribution < 1.29 is 18.4 Å². The van der Waals surface area contributed by atoms with Gasteiger partial charge in [-0.05, 0) is 90.8 Å². The number of anilines is 1. The van der Waals surface area contributed by atoms with Gasteiger partial charge in [0.15, 0.2) is 0 Å². The number of carbonyl (C=O) groups excluding carboxylic acids is 2. The molecule has 5 aliphatic rings. The minimum Gasteiger partial charge on any atom is -0.369 e. The number of nitrogens with two attached hydrogens (primary N) is 1. The summed E-state index contributed by atoms with van der Waals surface area (Å²) in [4.78, 5) is 26.3. The molecule has 0 radical (unpaired) electrons. The maximum absolute atomic E-state index is 14.1. The largest absolute Gasteiger partial charge is 0.369 e. The zero-order valence-corrected chi connectivity index (χ0v) is 21.1. The molecule has 0 heterocycles. The van der Waals surface area contributed by atoms with Gasteiger partial charge in [0.2, 0.25) is 11.8 Å². The molecule has 6 rings (SSSR count). The van der Waals surface area contributed by atoms with Gasteiger partial charge in [-0.3, -0.25) is 18.4 Å². The highest BCUT2D eigenvalue weighted by molar-refractivity contribution is 9.10. The van der Waals surface area contributed by atoms with Crippen LogP contribution in [0.2, 0.25) is 0 Å². The second kappa shape index (κ2) is 8.64. The number of para-hydroxylation sites is 1. The van der Waals surface area contributed by atoms with Crippen molar-refractivity contribution in [3.05, 3.63) is 28.7 Å². The van der Waals surface area contributed by atoms with Crippen molar-refractivity contribution in [1.82, 2.24) is 5.32 Å². The van der Waals surface area contributed by atoms with Crippen LogP contribution in [0, 0.1) is 23.2 Å². The summed E-state index contributed by atoms with van der Waals surface area (Å²) in [6.07, 6.45) is 8.14. The van der Waals surface area contributed by atoms with Crippen molar-refractivity contribution in [2.75, 3.05) is 4.31 Å². The summed E-state index contributed by atoms with van der Waals surface area (Å²) >= 11 is 1.15. The van der Waals surface area contributed by atoms with Gasteiger partial charge < -0.3 is 11.1 Å². The molecule has 3 atom stereocenters. The van der Waals surface area contributed by atoms with Crippen molar-refractivity contribution in [1.29, 1.82) is 0 Å². The van der Waals surface area contributed by atoms with E-state index in [4.69, 9.17) is 5.73 Å². The first kappa shape index (κ1) is 23.3. The fraction of sp³-hybridized carbons (Fsp3) is 0.667. The molecule has 5 saturated carbocycles. The van der Waals surface area contributed by atoms with E-state index in [1.54, 1.807) is 6.07 Å². The number of hydrogen-bond donors (Lipinski definition) is 3. The van der Waals surface area contributed by atoms with E-state index in [1.807, 2.05) is 18.2 Å². The number of halogens is 1. The van der Waals surface area contributed by atoms with Gasteiger partial charge >= 0.3 is 0 Å². The Morgan fingerprint density at radius 2 is 1.73 bits per heavy atom. The van der Waals surface area contributed by atoms with E-state index in [-0.39, 0.29) is 29.7 Å². The van der Waals surface area contributed by atoms with Crippen LogP contribution in [0.5, 0.6) is 0 Å². The third kappa shape index (κ3) is 3.84. The average molecular weight is 539 g/mol. The molecular weight excluding hydrogens is 506 g/mol. The minimum absolute atomic E-state index is 0.00600. The SMILES string of the molecule is NC(=O)C12CC3CC(C1)C(NC(=O)C1(N(c4ccccc4Br)S(=O)O)CCCCC1)C(C3)C2. The molecule has 1 aromatic rings. The lowest BCUT2D eigenvalue weighted by molar-refractivity contribution is -0.148. The average Bonchev–Trinajstić information content (AvgIpc) is 2.77. The number of benzene rings is 1. The molecule has 9 heteroatoms. The van der Waals surface area contributed by atoms with Crippen LogP contribution < -0.4 is 15.4 Å². The lowest BCUT2D eigenvalue weighted by Gasteiger charge is -2.59. The number of nitrogens with one attached hydrogen (secondary N) is 1. The smallest absolute Gasteiger partial charge is 0.262 e. The summed E-state index contributed by atoms with van der Waals surface area (Å²) < 4.78 is 25.2. The minimum atomic E-state index is -2.36. The molecule has 5 fully saturated rings. The summed E-state index contributed by atoms with van der Waals surface area (Å²) in [5.41, 5.74) is 4.88. The van der Waals surface area contributed by atoms with Crippen LogP contribution in [0.3, 0.4) is 0 Å². The Labute approximate surface area is 205 Å². The van der Waals surface area contributed by atoms with Crippen molar-refractivity contribution >= 4 is 44.7 Å². The van der Waals surface area contributed by atoms with E-state index in [2.05, 4.69) is 21.2 Å². The Bertz CT molecular complexity index is 966. The van der Waals surface area contributed by atoms with E-state index in [1.165, 1.54) is 4.31 Å². The van der Waals surface area contributed by atoms with Gasteiger partial charge in [-0.2, -0.15) is 0 Å². The Balaban J connectivity index is 1.46. The van der Waals surface area contributed by atoms with Gasteiger partial charge in [-0.15, -0.1) is 0 Å². The molecule has 4 bridgehead atoms. The van der Waals surface area contributed by atoms with Crippen LogP contribution in [-0.4, -0.2) is 32.2 Å². The second-order valence-corrected chi connectivity index (χ2v) is 12.4. The highest BCUT2D eigenvalue weighted by atomic mass is 79.9. The number of rotatable bonds is 6. The molecule has 3 unspecified atom stereocenters. The summed E-state index contributed by atoms with van der Waals surface area (Å²) in [6, 6.07) is 7.26. The number of hydrogen-bond acceptors (Lipinski definition) is 3. The van der Waals surface area contributed by atoms with E-state index in [0.717, 1.165) is 51.4 Å². The molecule has 2 amide bonds. The number of carbonyl (C=O) groups is 2. The zero-order valence-electron chi connectivity index (χ0n) is 18.7. The first-order valence-corrected chi connectivity index (χ1v) is 13.9. The van der Waals surface area contributed by atoms with Crippen LogP contribution in [0.1, 0.15) is 64.2 Å². The second-order valence-electron chi connectivity index (χ2n) is 10.7. The van der Waals surface area contributed by atoms with E-state index < -0.39 is 22.2 Å². The van der Waals surface area contributed by atoms with Crippen LogP contribution in [0.25, 0.3) is 0 Å². The van der Waals surface area contributed by atoms with Gasteiger partial charge in [0.25, 0.3) is 11.3 Å². The van der Waals surface area contributed by atoms with Crippen molar-refractivity contribution in [2.45, 2.75) is 75.8 Å². The van der Waals surface area contributed by atoms with Gasteiger partial charge in [0, 0.05) is 15.9 Å². The molecule has 1 aromatic carbocycles. The lowest BCUT2D eigenvalue weighted by Crippen LogP contribution is -2.67. The molecule has 7 nitrogen and oxygen atoms in total. The van der Waals surface area contributed by atoms with Crippen molar-refractivity contribution in [2.24, 2.45) is 28.9 Å². The van der Waals surface area contributed by atoms with Crippen LogP contribution in [0.15, 0.2) is 28.7 Å². The fourth-order valence-corrected chi connectivity index (χ4v) is 9.06. The predicted molar refractivity (Wildman–Crippen MR) is 130 cm³/mol. The summed E-state index contributed by atoms with van der Waals surface area (Å²) in [5.74, 6) is 0.639. The van der Waals surface area contributed by atoms with Gasteiger partial charge in [-0.1, -0.05) is 31.4 Å². The van der Waals surface area contributed by atoms with Crippen molar-refractivity contribution in [3.8, 4) is 0 Å². The van der Waals surface area contributed by atoms with Gasteiger partial charge in [-0.25, -0.2) is 4.21 Å². The predicted octanol–water partition coefficient (Wildman–Crippen LogP) is 3.89. The Morgan fingerprint density at radius 3 is 2.30 bits per heavy atom. The maximum Gasteiger partial charge on any atom is 0.262 e. The quantitative estimate of drug-likeness (QED) is 0.477. The molecule has 4 N–H and O–H groups in total. The van der Waals surface area contributed by atoms with E-state index in [9.17, 15) is 18.4 Å². The highest BCUT2D eigenvalue weighted by Crippen LogP contribution is 2.60. The molecule has 33 heavy (non-hydrogen) atoms. The standard InChI is InChI=1S/C24H32BrN3O4S/c25-18-6-2-3-7-19(18)28(33(31)32)24(8-4-1-5-9-24)22(30)27-20-16-10-15-11-17(20)14-23(12-15,13-16)21(26)29/h2-3,6-7,15-17,20H,1,4-5,8-14H2,(H2,26,29)(H,27,30)(H,31,32). The fourth-order valence-electron chi connectivity index (χ4n) is 7.59. The molecule has 5 aliphatic carbocycles. The van der Waals surface area contributed by atoms with Crippen LogP contribution in [-0.2, 0) is 20.9 Å². The van der Waals surface area contributed by atoms with Crippen molar-refractivity contribution in [3.63, 3.8) is 0 Å². The zero-order chi connectivity index (χ0) is 23.4. The normalized spacial score (nSPS) is 35.1. The van der Waals surface area contributed by atoms with Gasteiger partial charge in [0.1, 0.15) is 5.54 Å². The highest BCUT2D eigenvalue weighted by Gasteiger charge is 2.59. The molecule has 0 spiro atoms. The number of amides is 2. The van der Waals surface area contributed by atoms with Crippen LogP contribution in [0.4, 0.5) is 5.69 Å². The molecule has 0 aromatic heterocycles. The van der Waals surface area contributed by atoms with Crippen LogP contribution >= 0.6 is 15.9 Å². The Hall–Kier alpha value is -1.45. The topological polar surface area (TPSA) is 113 Å². The Kier molecular flexibility index (Phi) is 6.10. The summed E-state index contributed by atoms with van der Waals surface area (Å²) in [6.45, 7) is 0. The number of nitrogens with zero attached hydrogens (tertiary/aromatic N) is 1. The Morgan fingerprint density at radius 1 is 1.09 bits per heavy atom. The van der Waals surface area contributed by atoms with E-state index >= 15 is 0 Å². The van der Waals surface area contributed by atoms with E-state index in [0.29, 0.717) is 28.9 Å². The maximum atomic E-state index is 14.1. The molecular formula is C24H32BrN3O4S. The lowest BCUT2D eigenvalue weighted by atomic mass is 9.47. The number of primary amides is 1. The summed E-state index contributed by atoms with van der Waals surface area (Å²) in [7, 11) is 0. The molecule has 0 saturated heterocycles. The summed E-state index contributed by atoms with van der Waals surface area (Å²) in [5, 5.41) is 3.36.